The van der Waals surface area contributed by atoms with Crippen LogP contribution >= 0.6 is 0 Å². The van der Waals surface area contributed by atoms with Gasteiger partial charge in [0.15, 0.2) is 0 Å². The lowest BCUT2D eigenvalue weighted by Gasteiger charge is -2.27. The number of hydrogen-bond acceptors (Lipinski definition) is 4. The standard InChI is InChI=1S/C18H18N4O3/c1-20-11-14(17(23)21-7-9-25-10-8-21)16-15(12-20)18(24)22(19-16)13-5-3-2-4-6-13/h2-6,11-12H,7-10H2,1H3. The first-order chi connectivity index (χ1) is 12.1. The molecule has 0 saturated carbocycles. The second kappa shape index (κ2) is 6.18. The summed E-state index contributed by atoms with van der Waals surface area (Å²) in [6.07, 6.45) is 3.43. The minimum absolute atomic E-state index is 0.123. The number of carbonyl (C=O) groups is 1. The van der Waals surface area contributed by atoms with Crippen molar-refractivity contribution in [3.8, 4) is 16.9 Å². The molecule has 7 heteroatoms. The van der Waals surface area contributed by atoms with Gasteiger partial charge in [-0.3, -0.25) is 9.59 Å². The number of hydrogen-bond donors (Lipinski definition) is 0. The van der Waals surface area contributed by atoms with Crippen LogP contribution in [0.5, 0.6) is 0 Å². The molecule has 1 aromatic carbocycles. The van der Waals surface area contributed by atoms with Crippen LogP contribution in [-0.4, -0.2) is 51.5 Å². The van der Waals surface area contributed by atoms with E-state index in [2.05, 4.69) is 5.10 Å². The molecule has 0 atom stereocenters. The Labute approximate surface area is 144 Å². The van der Waals surface area contributed by atoms with Gasteiger partial charge in [0.05, 0.1) is 30.0 Å². The van der Waals surface area contributed by atoms with Crippen LogP contribution in [0.25, 0.3) is 16.9 Å². The van der Waals surface area contributed by atoms with Gasteiger partial charge in [0, 0.05) is 32.5 Å². The zero-order valence-electron chi connectivity index (χ0n) is 13.9. The number of pyridine rings is 1. The fourth-order valence-corrected chi connectivity index (χ4v) is 3.07. The van der Waals surface area contributed by atoms with Gasteiger partial charge in [-0.25, -0.2) is 0 Å². The Morgan fingerprint density at radius 3 is 2.56 bits per heavy atom. The number of para-hydroxylation sites is 1. The molecule has 128 valence electrons. The largest absolute Gasteiger partial charge is 0.378 e. The van der Waals surface area contributed by atoms with Crippen LogP contribution in [-0.2, 0) is 11.8 Å². The van der Waals surface area contributed by atoms with Crippen LogP contribution in [0.3, 0.4) is 0 Å². The Morgan fingerprint density at radius 1 is 1.12 bits per heavy atom. The summed E-state index contributed by atoms with van der Waals surface area (Å²) in [6.45, 7) is 2.14. The summed E-state index contributed by atoms with van der Waals surface area (Å²) in [4.78, 5) is 27.4. The van der Waals surface area contributed by atoms with E-state index in [9.17, 15) is 9.59 Å². The van der Waals surface area contributed by atoms with E-state index >= 15 is 0 Å². The maximum Gasteiger partial charge on any atom is 0.282 e. The molecular formula is C18H18N4O3. The third-order valence-corrected chi connectivity index (χ3v) is 4.33. The Hall–Kier alpha value is -2.93. The van der Waals surface area contributed by atoms with Crippen LogP contribution in [0.2, 0.25) is 0 Å². The van der Waals surface area contributed by atoms with E-state index in [1.807, 2.05) is 30.3 Å². The summed E-state index contributed by atoms with van der Waals surface area (Å²) in [6, 6.07) is 9.21. The molecule has 0 aromatic heterocycles. The van der Waals surface area contributed by atoms with E-state index in [-0.39, 0.29) is 11.5 Å². The lowest BCUT2D eigenvalue weighted by Crippen LogP contribution is -2.41. The molecule has 0 radical (unpaired) electrons. The summed E-state index contributed by atoms with van der Waals surface area (Å²) >= 11 is 0. The predicted molar refractivity (Wildman–Crippen MR) is 92.1 cm³/mol. The first kappa shape index (κ1) is 15.6. The molecule has 0 aliphatic carbocycles. The molecule has 3 aliphatic rings. The van der Waals surface area contributed by atoms with Crippen molar-refractivity contribution in [2.24, 2.45) is 7.05 Å². The maximum atomic E-state index is 12.9. The molecule has 3 aliphatic heterocycles. The minimum Gasteiger partial charge on any atom is -0.378 e. The van der Waals surface area contributed by atoms with Crippen LogP contribution in [0.4, 0.5) is 0 Å². The number of aromatic nitrogens is 3. The molecule has 4 rings (SSSR count). The van der Waals surface area contributed by atoms with Crippen LogP contribution in [0.15, 0.2) is 47.5 Å². The Balaban J connectivity index is 1.85. The molecule has 1 amide bonds. The zero-order valence-corrected chi connectivity index (χ0v) is 13.9. The van der Waals surface area contributed by atoms with Crippen molar-refractivity contribution in [3.05, 3.63) is 58.6 Å². The molecule has 1 fully saturated rings. The van der Waals surface area contributed by atoms with Crippen molar-refractivity contribution in [1.29, 1.82) is 0 Å². The van der Waals surface area contributed by atoms with E-state index < -0.39 is 0 Å². The molecule has 7 nitrogen and oxygen atoms in total. The molecule has 0 N–H and O–H groups in total. The van der Waals surface area contributed by atoms with Crippen molar-refractivity contribution in [3.63, 3.8) is 0 Å². The molecule has 0 spiro atoms. The Morgan fingerprint density at radius 2 is 1.84 bits per heavy atom. The van der Waals surface area contributed by atoms with Crippen LogP contribution in [0.1, 0.15) is 10.4 Å². The topological polar surface area (TPSA) is 69.4 Å². The Bertz CT molecular complexity index is 939. The minimum atomic E-state index is -0.228. The van der Waals surface area contributed by atoms with Gasteiger partial charge in [0.2, 0.25) is 0 Å². The highest BCUT2D eigenvalue weighted by Gasteiger charge is 2.27. The number of ether oxygens (including phenoxy) is 1. The van der Waals surface area contributed by atoms with Crippen molar-refractivity contribution in [1.82, 2.24) is 19.2 Å². The number of amides is 1. The average Bonchev–Trinajstić information content (AvgIpc) is 2.99. The second-order valence-electron chi connectivity index (χ2n) is 6.06. The number of morpholine rings is 1. The monoisotopic (exact) mass is 338 g/mol. The molecule has 3 heterocycles. The number of carbonyl (C=O) groups excluding carboxylic acids is 1. The number of nitrogens with zero attached hydrogens (tertiary/aromatic N) is 4. The van der Waals surface area contributed by atoms with E-state index in [1.165, 1.54) is 4.68 Å². The summed E-state index contributed by atoms with van der Waals surface area (Å²) < 4.78 is 8.39. The van der Waals surface area contributed by atoms with Crippen molar-refractivity contribution < 1.29 is 9.53 Å². The average molecular weight is 338 g/mol. The number of rotatable bonds is 2. The smallest absolute Gasteiger partial charge is 0.282 e. The summed E-state index contributed by atoms with van der Waals surface area (Å²) in [5.74, 6) is -0.123. The van der Waals surface area contributed by atoms with Crippen molar-refractivity contribution in [2.45, 2.75) is 0 Å². The molecular weight excluding hydrogens is 320 g/mol. The molecule has 1 saturated heterocycles. The van der Waals surface area contributed by atoms with Crippen LogP contribution in [0, 0.1) is 0 Å². The van der Waals surface area contributed by atoms with E-state index in [4.69, 9.17) is 4.74 Å². The second-order valence-corrected chi connectivity index (χ2v) is 6.06. The highest BCUT2D eigenvalue weighted by molar-refractivity contribution is 6.00. The zero-order chi connectivity index (χ0) is 17.4. The molecule has 1 aromatic rings. The number of fused-ring (bicyclic) bond motifs is 1. The highest BCUT2D eigenvalue weighted by atomic mass is 16.5. The summed E-state index contributed by atoms with van der Waals surface area (Å²) in [7, 11) is 1.80. The van der Waals surface area contributed by atoms with Gasteiger partial charge in [-0.15, -0.1) is 0 Å². The predicted octanol–water partition coefficient (Wildman–Crippen LogP) is 1.15. The van der Waals surface area contributed by atoms with Gasteiger partial charge in [-0.2, -0.15) is 9.78 Å². The lowest BCUT2D eigenvalue weighted by atomic mass is 10.1. The third kappa shape index (κ3) is 2.72. The number of aryl methyl sites for hydroxylation is 1. The van der Waals surface area contributed by atoms with Crippen LogP contribution < -0.4 is 5.56 Å². The fourth-order valence-electron chi connectivity index (χ4n) is 3.07. The van der Waals surface area contributed by atoms with Crippen molar-refractivity contribution >= 4 is 5.91 Å². The van der Waals surface area contributed by atoms with E-state index in [0.717, 1.165) is 0 Å². The quantitative estimate of drug-likeness (QED) is 0.703. The van der Waals surface area contributed by atoms with E-state index in [0.29, 0.717) is 48.8 Å². The maximum absolute atomic E-state index is 12.9. The SMILES string of the molecule is Cn1cc(C(=O)N2CCOCC2)c2nn(-c3ccccc3)c(=O)c-2c1. The first-order valence-electron chi connectivity index (χ1n) is 8.16. The van der Waals surface area contributed by atoms with Crippen molar-refractivity contribution in [2.75, 3.05) is 26.3 Å². The van der Waals surface area contributed by atoms with Gasteiger partial charge in [0.25, 0.3) is 11.5 Å². The van der Waals surface area contributed by atoms with Gasteiger partial charge in [0.1, 0.15) is 5.69 Å². The summed E-state index contributed by atoms with van der Waals surface area (Å²) in [5.41, 5.74) is 1.76. The molecule has 0 unspecified atom stereocenters. The third-order valence-electron chi connectivity index (χ3n) is 4.33. The van der Waals surface area contributed by atoms with Gasteiger partial charge >= 0.3 is 0 Å². The molecule has 25 heavy (non-hydrogen) atoms. The normalized spacial score (nSPS) is 14.8. The fraction of sp³-hybridized carbons (Fsp3) is 0.278. The van der Waals surface area contributed by atoms with Gasteiger partial charge in [-0.1, -0.05) is 18.2 Å². The summed E-state index contributed by atoms with van der Waals surface area (Å²) in [5, 5.41) is 4.45. The van der Waals surface area contributed by atoms with E-state index in [1.54, 1.807) is 28.9 Å². The molecule has 0 bridgehead atoms. The van der Waals surface area contributed by atoms with Gasteiger partial charge in [-0.05, 0) is 12.1 Å². The highest BCUT2D eigenvalue weighted by Crippen LogP contribution is 2.23. The lowest BCUT2D eigenvalue weighted by molar-refractivity contribution is 0.0302. The number of benzene rings is 1. The first-order valence-corrected chi connectivity index (χ1v) is 8.16. The Kier molecular flexibility index (Phi) is 3.85. The van der Waals surface area contributed by atoms with Gasteiger partial charge < -0.3 is 14.2 Å².